The molecule has 8 heteroatoms. The number of nitrogens with one attached hydrogen (secondary N) is 1. The lowest BCUT2D eigenvalue weighted by atomic mass is 10.0. The van der Waals surface area contributed by atoms with E-state index in [2.05, 4.69) is 10.3 Å². The normalized spacial score (nSPS) is 10.9. The Morgan fingerprint density at radius 2 is 1.79 bits per heavy atom. The van der Waals surface area contributed by atoms with Crippen LogP contribution in [0.25, 0.3) is 21.3 Å². The zero-order chi connectivity index (χ0) is 23.4. The van der Waals surface area contributed by atoms with Crippen molar-refractivity contribution in [1.82, 2.24) is 9.55 Å². The molecule has 2 aromatic carbocycles. The Morgan fingerprint density at radius 1 is 1.06 bits per heavy atom. The molecule has 0 atom stereocenters. The van der Waals surface area contributed by atoms with E-state index < -0.39 is 0 Å². The zero-order valence-electron chi connectivity index (χ0n) is 18.8. The Balaban J connectivity index is 1.65. The number of amides is 1. The second kappa shape index (κ2) is 9.87. The number of fused-ring (bicyclic) bond motifs is 1. The third-order valence-electron chi connectivity index (χ3n) is 5.08. The number of thiophene rings is 1. The Labute approximate surface area is 195 Å². The van der Waals surface area contributed by atoms with Gasteiger partial charge in [0.1, 0.15) is 22.9 Å². The van der Waals surface area contributed by atoms with Gasteiger partial charge in [0.05, 0.1) is 30.6 Å². The highest BCUT2D eigenvalue weighted by molar-refractivity contribution is 7.19. The number of rotatable bonds is 8. The molecular weight excluding hydrogens is 438 g/mol. The van der Waals surface area contributed by atoms with Gasteiger partial charge in [0.2, 0.25) is 5.91 Å². The maximum absolute atomic E-state index is 13.4. The standard InChI is InChI=1S/C25H25N3O4S/c1-4-31-18-12-10-17(11-13-18)22-16(3)33-24-23(22)25(30)28(15-26-24)14-21(29)27-19-8-6-7-9-20(19)32-5-2/h6-13,15H,4-5,14H2,1-3H3,(H,27,29). The third-order valence-corrected chi connectivity index (χ3v) is 6.10. The van der Waals surface area contributed by atoms with Crippen LogP contribution in [0.3, 0.4) is 0 Å². The highest BCUT2D eigenvalue weighted by Gasteiger charge is 2.18. The molecule has 0 fully saturated rings. The molecule has 4 rings (SSSR count). The van der Waals surface area contributed by atoms with Gasteiger partial charge < -0.3 is 14.8 Å². The summed E-state index contributed by atoms with van der Waals surface area (Å²) in [6.45, 7) is 6.71. The van der Waals surface area contributed by atoms with E-state index in [1.165, 1.54) is 22.2 Å². The molecule has 0 aliphatic carbocycles. The number of benzene rings is 2. The van der Waals surface area contributed by atoms with Crippen molar-refractivity contribution < 1.29 is 14.3 Å². The minimum atomic E-state index is -0.333. The number of para-hydroxylation sites is 2. The van der Waals surface area contributed by atoms with Gasteiger partial charge in [-0.25, -0.2) is 4.98 Å². The number of aromatic nitrogens is 2. The van der Waals surface area contributed by atoms with Gasteiger partial charge in [0.25, 0.3) is 5.56 Å². The Kier molecular flexibility index (Phi) is 6.74. The molecule has 0 aliphatic heterocycles. The summed E-state index contributed by atoms with van der Waals surface area (Å²) in [4.78, 5) is 32.2. The number of carbonyl (C=O) groups excluding carboxylic acids is 1. The van der Waals surface area contributed by atoms with Gasteiger partial charge in [0, 0.05) is 10.4 Å². The fraction of sp³-hybridized carbons (Fsp3) is 0.240. The van der Waals surface area contributed by atoms with Crippen LogP contribution in [0.4, 0.5) is 5.69 Å². The highest BCUT2D eigenvalue weighted by atomic mass is 32.1. The molecular formula is C25H25N3O4S. The van der Waals surface area contributed by atoms with Crippen LogP contribution in [-0.4, -0.2) is 28.7 Å². The summed E-state index contributed by atoms with van der Waals surface area (Å²) in [6.07, 6.45) is 1.43. The topological polar surface area (TPSA) is 82.5 Å². The maximum Gasteiger partial charge on any atom is 0.263 e. The molecule has 0 aliphatic rings. The van der Waals surface area contributed by atoms with Crippen LogP contribution in [0.5, 0.6) is 11.5 Å². The van der Waals surface area contributed by atoms with Crippen LogP contribution in [0.2, 0.25) is 0 Å². The van der Waals surface area contributed by atoms with Crippen molar-refractivity contribution in [2.24, 2.45) is 0 Å². The number of hydrogen-bond acceptors (Lipinski definition) is 6. The van der Waals surface area contributed by atoms with Crippen LogP contribution in [0.1, 0.15) is 18.7 Å². The lowest BCUT2D eigenvalue weighted by Gasteiger charge is -2.12. The van der Waals surface area contributed by atoms with Gasteiger partial charge in [0.15, 0.2) is 0 Å². The van der Waals surface area contributed by atoms with Gasteiger partial charge in [-0.05, 0) is 50.6 Å². The zero-order valence-corrected chi connectivity index (χ0v) is 19.6. The van der Waals surface area contributed by atoms with Gasteiger partial charge in [-0.1, -0.05) is 24.3 Å². The first kappa shape index (κ1) is 22.5. The Bertz CT molecular complexity index is 1340. The van der Waals surface area contributed by atoms with Crippen molar-refractivity contribution in [3.8, 4) is 22.6 Å². The molecule has 2 aromatic heterocycles. The lowest BCUT2D eigenvalue weighted by Crippen LogP contribution is -2.28. The summed E-state index contributed by atoms with van der Waals surface area (Å²) in [7, 11) is 0. The third kappa shape index (κ3) is 4.75. The van der Waals surface area contributed by atoms with Crippen LogP contribution in [0.15, 0.2) is 59.7 Å². The summed E-state index contributed by atoms with van der Waals surface area (Å²) in [5.41, 5.74) is 2.07. The van der Waals surface area contributed by atoms with Crippen LogP contribution >= 0.6 is 11.3 Å². The second-order valence-electron chi connectivity index (χ2n) is 7.33. The molecule has 0 unspecified atom stereocenters. The second-order valence-corrected chi connectivity index (χ2v) is 8.53. The minimum Gasteiger partial charge on any atom is -0.494 e. The average Bonchev–Trinajstić information content (AvgIpc) is 3.15. The molecule has 2 heterocycles. The van der Waals surface area contributed by atoms with Crippen molar-refractivity contribution in [3.05, 3.63) is 70.1 Å². The molecule has 4 aromatic rings. The minimum absolute atomic E-state index is 0.153. The summed E-state index contributed by atoms with van der Waals surface area (Å²) in [6, 6.07) is 14.9. The number of ether oxygens (including phenoxy) is 2. The monoisotopic (exact) mass is 463 g/mol. The van der Waals surface area contributed by atoms with Crippen molar-refractivity contribution in [1.29, 1.82) is 0 Å². The van der Waals surface area contributed by atoms with E-state index in [0.29, 0.717) is 34.9 Å². The quantitative estimate of drug-likeness (QED) is 0.403. The first-order valence-electron chi connectivity index (χ1n) is 10.7. The maximum atomic E-state index is 13.4. The van der Waals surface area contributed by atoms with Crippen molar-refractivity contribution in [2.75, 3.05) is 18.5 Å². The summed E-state index contributed by atoms with van der Waals surface area (Å²) < 4.78 is 12.4. The average molecular weight is 464 g/mol. The largest absolute Gasteiger partial charge is 0.494 e. The first-order valence-corrected chi connectivity index (χ1v) is 11.6. The van der Waals surface area contributed by atoms with E-state index in [4.69, 9.17) is 9.47 Å². The predicted molar refractivity (Wildman–Crippen MR) is 131 cm³/mol. The van der Waals surface area contributed by atoms with Gasteiger partial charge in [-0.2, -0.15) is 0 Å². The molecule has 7 nitrogen and oxygen atoms in total. The van der Waals surface area contributed by atoms with E-state index in [1.54, 1.807) is 12.1 Å². The SMILES string of the molecule is CCOc1ccc(-c2c(C)sc3ncn(CC(=O)Nc4ccccc4OCC)c(=O)c23)cc1. The van der Waals surface area contributed by atoms with E-state index >= 15 is 0 Å². The number of aryl methyl sites for hydroxylation is 1. The molecule has 0 bridgehead atoms. The lowest BCUT2D eigenvalue weighted by molar-refractivity contribution is -0.116. The smallest absolute Gasteiger partial charge is 0.263 e. The molecule has 0 radical (unpaired) electrons. The van der Waals surface area contributed by atoms with E-state index in [1.807, 2.05) is 57.2 Å². The molecule has 0 saturated heterocycles. The fourth-order valence-electron chi connectivity index (χ4n) is 3.68. The molecule has 33 heavy (non-hydrogen) atoms. The van der Waals surface area contributed by atoms with Crippen LogP contribution < -0.4 is 20.3 Å². The molecule has 0 spiro atoms. The van der Waals surface area contributed by atoms with Gasteiger partial charge in [-0.3, -0.25) is 14.2 Å². The number of carbonyl (C=O) groups is 1. The van der Waals surface area contributed by atoms with Crippen molar-refractivity contribution in [3.63, 3.8) is 0 Å². The highest BCUT2D eigenvalue weighted by Crippen LogP contribution is 2.36. The van der Waals surface area contributed by atoms with Gasteiger partial charge in [-0.15, -0.1) is 11.3 Å². The van der Waals surface area contributed by atoms with Crippen LogP contribution in [-0.2, 0) is 11.3 Å². The Hall–Kier alpha value is -3.65. The summed E-state index contributed by atoms with van der Waals surface area (Å²) in [5, 5.41) is 3.35. The number of anilines is 1. The first-order chi connectivity index (χ1) is 16.0. The Morgan fingerprint density at radius 3 is 2.52 bits per heavy atom. The number of nitrogens with zero attached hydrogens (tertiary/aromatic N) is 2. The molecule has 170 valence electrons. The summed E-state index contributed by atoms with van der Waals surface area (Å²) in [5.74, 6) is 1.03. The molecule has 0 saturated carbocycles. The molecule has 1 N–H and O–H groups in total. The van der Waals surface area contributed by atoms with E-state index in [0.717, 1.165) is 21.8 Å². The number of hydrogen-bond donors (Lipinski definition) is 1. The van der Waals surface area contributed by atoms with E-state index in [9.17, 15) is 9.59 Å². The van der Waals surface area contributed by atoms with Gasteiger partial charge >= 0.3 is 0 Å². The van der Waals surface area contributed by atoms with Crippen molar-refractivity contribution in [2.45, 2.75) is 27.3 Å². The van der Waals surface area contributed by atoms with Crippen LogP contribution in [0, 0.1) is 6.92 Å². The predicted octanol–water partition coefficient (Wildman–Crippen LogP) is 4.87. The van der Waals surface area contributed by atoms with E-state index in [-0.39, 0.29) is 18.0 Å². The summed E-state index contributed by atoms with van der Waals surface area (Å²) >= 11 is 1.47. The molecule has 1 amide bonds. The fourth-order valence-corrected chi connectivity index (χ4v) is 4.68. The van der Waals surface area contributed by atoms with Crippen molar-refractivity contribution >= 4 is 33.1 Å².